The van der Waals surface area contributed by atoms with E-state index >= 15 is 0 Å². The van der Waals surface area contributed by atoms with Gasteiger partial charge in [-0.15, -0.1) is 0 Å². The molecule has 8 nitrogen and oxygen atoms in total. The van der Waals surface area contributed by atoms with Crippen LogP contribution in [-0.2, 0) is 14.3 Å². The molecule has 0 unspecified atom stereocenters. The second kappa shape index (κ2) is 8.46. The SMILES string of the molecule is CC(C)NC(=O)NC(=O)[C@H](C)OC(=O)c1cccc(N2CCCC2=O)c1. The van der Waals surface area contributed by atoms with Crippen molar-refractivity contribution >= 4 is 29.5 Å². The first-order valence-electron chi connectivity index (χ1n) is 8.50. The molecule has 2 N–H and O–H groups in total. The molecule has 1 saturated heterocycles. The maximum atomic E-state index is 12.3. The van der Waals surface area contributed by atoms with Crippen molar-refractivity contribution < 1.29 is 23.9 Å². The molecule has 2 rings (SSSR count). The van der Waals surface area contributed by atoms with E-state index in [0.29, 0.717) is 18.7 Å². The van der Waals surface area contributed by atoms with E-state index in [0.717, 1.165) is 6.42 Å². The standard InChI is InChI=1S/C18H23N3O5/c1-11(2)19-18(25)20-16(23)12(3)26-17(24)13-6-4-7-14(10-13)21-9-5-8-15(21)22/h4,6-7,10-12H,5,8-9H2,1-3H3,(H2,19,20,23,25)/t12-/m0/s1. The number of rotatable bonds is 5. The quantitative estimate of drug-likeness (QED) is 0.775. The summed E-state index contributed by atoms with van der Waals surface area (Å²) >= 11 is 0. The number of anilines is 1. The Balaban J connectivity index is 1.97. The van der Waals surface area contributed by atoms with Gasteiger partial charge in [0.1, 0.15) is 0 Å². The summed E-state index contributed by atoms with van der Waals surface area (Å²) in [5.41, 5.74) is 0.851. The number of urea groups is 1. The zero-order valence-electron chi connectivity index (χ0n) is 15.1. The van der Waals surface area contributed by atoms with Gasteiger partial charge in [0.15, 0.2) is 6.10 Å². The zero-order chi connectivity index (χ0) is 19.3. The summed E-state index contributed by atoms with van der Waals surface area (Å²) < 4.78 is 5.11. The smallest absolute Gasteiger partial charge is 0.338 e. The second-order valence-electron chi connectivity index (χ2n) is 6.36. The fourth-order valence-electron chi connectivity index (χ4n) is 2.52. The lowest BCUT2D eigenvalue weighted by molar-refractivity contribution is -0.127. The van der Waals surface area contributed by atoms with E-state index in [1.165, 1.54) is 6.92 Å². The van der Waals surface area contributed by atoms with Crippen LogP contribution in [-0.4, -0.2) is 42.5 Å². The Morgan fingerprint density at radius 1 is 1.19 bits per heavy atom. The van der Waals surface area contributed by atoms with E-state index < -0.39 is 24.0 Å². The highest BCUT2D eigenvalue weighted by Gasteiger charge is 2.24. The van der Waals surface area contributed by atoms with E-state index in [4.69, 9.17) is 4.74 Å². The van der Waals surface area contributed by atoms with Crippen molar-refractivity contribution in [1.29, 1.82) is 0 Å². The van der Waals surface area contributed by atoms with Gasteiger partial charge >= 0.3 is 12.0 Å². The molecule has 0 aliphatic carbocycles. The van der Waals surface area contributed by atoms with Crippen LogP contribution in [0.4, 0.5) is 10.5 Å². The van der Waals surface area contributed by atoms with Gasteiger partial charge in [-0.05, 0) is 45.4 Å². The minimum Gasteiger partial charge on any atom is -0.449 e. The third-order valence-electron chi connectivity index (χ3n) is 3.78. The number of imide groups is 1. The summed E-state index contributed by atoms with van der Waals surface area (Å²) in [6, 6.07) is 5.72. The molecular formula is C18H23N3O5. The van der Waals surface area contributed by atoms with E-state index in [9.17, 15) is 19.2 Å². The average Bonchev–Trinajstić information content (AvgIpc) is 3.00. The lowest BCUT2D eigenvalue weighted by Crippen LogP contribution is -2.46. The molecule has 1 aromatic rings. The van der Waals surface area contributed by atoms with Crippen molar-refractivity contribution in [2.75, 3.05) is 11.4 Å². The molecule has 1 aliphatic heterocycles. The summed E-state index contributed by atoms with van der Waals surface area (Å²) in [6.07, 6.45) is 0.130. The van der Waals surface area contributed by atoms with Crippen LogP contribution in [0.15, 0.2) is 24.3 Å². The number of esters is 1. The topological polar surface area (TPSA) is 105 Å². The van der Waals surface area contributed by atoms with Crippen molar-refractivity contribution in [2.24, 2.45) is 0 Å². The highest BCUT2D eigenvalue weighted by atomic mass is 16.5. The summed E-state index contributed by atoms with van der Waals surface area (Å²) in [5.74, 6) is -1.41. The van der Waals surface area contributed by atoms with Crippen LogP contribution in [0.5, 0.6) is 0 Å². The minimum absolute atomic E-state index is 0.0134. The van der Waals surface area contributed by atoms with Crippen LogP contribution >= 0.6 is 0 Å². The minimum atomic E-state index is -1.14. The maximum absolute atomic E-state index is 12.3. The monoisotopic (exact) mass is 361 g/mol. The Bertz CT molecular complexity index is 717. The molecule has 1 aromatic carbocycles. The molecule has 4 amide bonds. The van der Waals surface area contributed by atoms with Gasteiger partial charge in [0.2, 0.25) is 5.91 Å². The fraction of sp³-hybridized carbons (Fsp3) is 0.444. The van der Waals surface area contributed by atoms with E-state index in [1.807, 2.05) is 0 Å². The highest BCUT2D eigenvalue weighted by molar-refractivity contribution is 6.00. The van der Waals surface area contributed by atoms with Gasteiger partial charge in [0.25, 0.3) is 5.91 Å². The zero-order valence-corrected chi connectivity index (χ0v) is 15.1. The molecular weight excluding hydrogens is 338 g/mol. The molecule has 0 spiro atoms. The van der Waals surface area contributed by atoms with Crippen LogP contribution in [0.3, 0.4) is 0 Å². The van der Waals surface area contributed by atoms with Crippen molar-refractivity contribution in [3.8, 4) is 0 Å². The van der Waals surface area contributed by atoms with Gasteiger partial charge in [0.05, 0.1) is 5.56 Å². The van der Waals surface area contributed by atoms with Crippen molar-refractivity contribution in [2.45, 2.75) is 45.8 Å². The Hall–Kier alpha value is -2.90. The van der Waals surface area contributed by atoms with Crippen LogP contribution in [0.1, 0.15) is 44.0 Å². The lowest BCUT2D eigenvalue weighted by Gasteiger charge is -2.17. The van der Waals surface area contributed by atoms with Crippen LogP contribution in [0.25, 0.3) is 0 Å². The summed E-state index contributed by atoms with van der Waals surface area (Å²) in [5, 5.41) is 4.62. The number of hydrogen-bond donors (Lipinski definition) is 2. The maximum Gasteiger partial charge on any atom is 0.338 e. The van der Waals surface area contributed by atoms with Crippen molar-refractivity contribution in [3.05, 3.63) is 29.8 Å². The van der Waals surface area contributed by atoms with E-state index in [-0.39, 0.29) is 17.5 Å². The Morgan fingerprint density at radius 2 is 1.92 bits per heavy atom. The van der Waals surface area contributed by atoms with Gasteiger partial charge in [-0.1, -0.05) is 6.07 Å². The number of carbonyl (C=O) groups excluding carboxylic acids is 4. The van der Waals surface area contributed by atoms with E-state index in [1.54, 1.807) is 43.0 Å². The molecule has 1 heterocycles. The van der Waals surface area contributed by atoms with Gasteiger partial charge in [-0.25, -0.2) is 9.59 Å². The molecule has 8 heteroatoms. The number of amides is 4. The first kappa shape index (κ1) is 19.4. The Labute approximate surface area is 151 Å². The highest BCUT2D eigenvalue weighted by Crippen LogP contribution is 2.22. The Morgan fingerprint density at radius 3 is 2.54 bits per heavy atom. The van der Waals surface area contributed by atoms with Crippen molar-refractivity contribution in [3.63, 3.8) is 0 Å². The molecule has 1 fully saturated rings. The summed E-state index contributed by atoms with van der Waals surface area (Å²) in [7, 11) is 0. The number of ether oxygens (including phenoxy) is 1. The first-order valence-corrected chi connectivity index (χ1v) is 8.50. The lowest BCUT2D eigenvalue weighted by atomic mass is 10.2. The molecule has 1 aliphatic rings. The molecule has 140 valence electrons. The number of benzene rings is 1. The molecule has 1 atom stereocenters. The third kappa shape index (κ3) is 5.05. The fourth-order valence-corrected chi connectivity index (χ4v) is 2.52. The molecule has 0 bridgehead atoms. The van der Waals surface area contributed by atoms with Crippen LogP contribution in [0.2, 0.25) is 0 Å². The van der Waals surface area contributed by atoms with Gasteiger partial charge in [-0.2, -0.15) is 0 Å². The van der Waals surface area contributed by atoms with Gasteiger partial charge < -0.3 is 15.0 Å². The molecule has 0 radical (unpaired) electrons. The number of hydrogen-bond acceptors (Lipinski definition) is 5. The van der Waals surface area contributed by atoms with Crippen molar-refractivity contribution in [1.82, 2.24) is 10.6 Å². The first-order chi connectivity index (χ1) is 12.3. The second-order valence-corrected chi connectivity index (χ2v) is 6.36. The van der Waals surface area contributed by atoms with Crippen LogP contribution < -0.4 is 15.5 Å². The molecule has 0 saturated carbocycles. The average molecular weight is 361 g/mol. The molecule has 0 aromatic heterocycles. The van der Waals surface area contributed by atoms with Crippen LogP contribution in [0, 0.1) is 0 Å². The molecule has 26 heavy (non-hydrogen) atoms. The number of nitrogens with one attached hydrogen (secondary N) is 2. The normalized spacial score (nSPS) is 14.9. The number of nitrogens with zero attached hydrogens (tertiary/aromatic N) is 1. The van der Waals surface area contributed by atoms with Gasteiger partial charge in [-0.3, -0.25) is 14.9 Å². The van der Waals surface area contributed by atoms with E-state index in [2.05, 4.69) is 10.6 Å². The number of carbonyl (C=O) groups is 4. The Kier molecular flexibility index (Phi) is 6.32. The largest absolute Gasteiger partial charge is 0.449 e. The predicted octanol–water partition coefficient (Wildman–Crippen LogP) is 1.59. The van der Waals surface area contributed by atoms with Gasteiger partial charge in [0, 0.05) is 24.7 Å². The summed E-state index contributed by atoms with van der Waals surface area (Å²) in [4.78, 5) is 49.1. The summed E-state index contributed by atoms with van der Waals surface area (Å²) in [6.45, 7) is 5.50. The third-order valence-corrected chi connectivity index (χ3v) is 3.78. The predicted molar refractivity (Wildman–Crippen MR) is 94.7 cm³/mol.